The van der Waals surface area contributed by atoms with E-state index in [9.17, 15) is 4.79 Å². The second kappa shape index (κ2) is 6.12. The van der Waals surface area contributed by atoms with E-state index in [4.69, 9.17) is 23.1 Å². The first-order valence-corrected chi connectivity index (χ1v) is 6.37. The molecular formula is C15H14ClN3O. The molecule has 2 aromatic carbocycles. The Balaban J connectivity index is 2.23. The molecule has 0 saturated heterocycles. The highest BCUT2D eigenvalue weighted by Crippen LogP contribution is 2.21. The predicted octanol–water partition coefficient (Wildman–Crippen LogP) is 3.31. The molecule has 0 aromatic heterocycles. The fourth-order valence-corrected chi connectivity index (χ4v) is 1.92. The van der Waals surface area contributed by atoms with Gasteiger partial charge in [-0.05, 0) is 35.9 Å². The maximum Gasteiger partial charge on any atom is 0.257 e. The topological polar surface area (TPSA) is 81.1 Å². The maximum atomic E-state index is 12.2. The van der Waals surface area contributed by atoms with E-state index < -0.39 is 0 Å². The Morgan fingerprint density at radius 3 is 2.65 bits per heavy atom. The van der Waals surface area contributed by atoms with Gasteiger partial charge in [0.05, 0.1) is 16.9 Å². The van der Waals surface area contributed by atoms with Gasteiger partial charge in [0.15, 0.2) is 0 Å². The summed E-state index contributed by atoms with van der Waals surface area (Å²) in [6.07, 6.45) is 1.73. The van der Waals surface area contributed by atoms with Crippen LogP contribution in [-0.2, 0) is 0 Å². The van der Waals surface area contributed by atoms with Crippen LogP contribution >= 0.6 is 11.6 Å². The first kappa shape index (κ1) is 14.0. The third kappa shape index (κ3) is 3.10. The van der Waals surface area contributed by atoms with Gasteiger partial charge in [0, 0.05) is 11.2 Å². The van der Waals surface area contributed by atoms with Crippen molar-refractivity contribution in [3.05, 3.63) is 59.1 Å². The fourth-order valence-electron chi connectivity index (χ4n) is 1.77. The zero-order chi connectivity index (χ0) is 14.5. The fraction of sp³-hybridized carbons (Fsp3) is 0. The van der Waals surface area contributed by atoms with Crippen LogP contribution in [-0.4, -0.2) is 5.91 Å². The van der Waals surface area contributed by atoms with Gasteiger partial charge in [-0.2, -0.15) is 0 Å². The normalized spacial score (nSPS) is 10.7. The van der Waals surface area contributed by atoms with E-state index >= 15 is 0 Å². The molecule has 0 bridgehead atoms. The first-order chi connectivity index (χ1) is 9.61. The Kier molecular flexibility index (Phi) is 4.27. The van der Waals surface area contributed by atoms with E-state index in [1.165, 1.54) is 5.54 Å². The molecule has 0 aliphatic heterocycles. The summed E-state index contributed by atoms with van der Waals surface area (Å²) in [6.45, 7) is 0. The SMILES string of the molecule is Nc1cccc(C(=O)Nc2cccc(/C=C/Cl)c2)c1N. The molecule has 0 heterocycles. The first-order valence-electron chi connectivity index (χ1n) is 5.94. The summed E-state index contributed by atoms with van der Waals surface area (Å²) in [5.41, 5.74) is 15.5. The molecule has 0 aliphatic carbocycles. The Morgan fingerprint density at radius 1 is 1.15 bits per heavy atom. The molecule has 0 unspecified atom stereocenters. The van der Waals surface area contributed by atoms with Gasteiger partial charge in [0.2, 0.25) is 0 Å². The lowest BCUT2D eigenvalue weighted by molar-refractivity contribution is 0.102. The van der Waals surface area contributed by atoms with E-state index in [1.807, 2.05) is 12.1 Å². The average molecular weight is 288 g/mol. The largest absolute Gasteiger partial charge is 0.397 e. The van der Waals surface area contributed by atoms with Gasteiger partial charge in [0.25, 0.3) is 5.91 Å². The van der Waals surface area contributed by atoms with Crippen molar-refractivity contribution in [1.29, 1.82) is 0 Å². The van der Waals surface area contributed by atoms with Crippen LogP contribution in [0.3, 0.4) is 0 Å². The highest BCUT2D eigenvalue weighted by molar-refractivity contribution is 6.27. The summed E-state index contributed by atoms with van der Waals surface area (Å²) in [5.74, 6) is -0.304. The van der Waals surface area contributed by atoms with Crippen LogP contribution in [0.4, 0.5) is 17.1 Å². The molecule has 0 fully saturated rings. The summed E-state index contributed by atoms with van der Waals surface area (Å²) < 4.78 is 0. The molecule has 4 nitrogen and oxygen atoms in total. The number of amides is 1. The van der Waals surface area contributed by atoms with Crippen LogP contribution in [0.1, 0.15) is 15.9 Å². The van der Waals surface area contributed by atoms with Gasteiger partial charge < -0.3 is 16.8 Å². The van der Waals surface area contributed by atoms with Crippen molar-refractivity contribution >= 4 is 40.6 Å². The molecule has 0 atom stereocenters. The summed E-state index contributed by atoms with van der Waals surface area (Å²) in [5, 5.41) is 2.77. The maximum absolute atomic E-state index is 12.2. The lowest BCUT2D eigenvalue weighted by atomic mass is 10.1. The number of hydrogen-bond acceptors (Lipinski definition) is 3. The Labute approximate surface area is 122 Å². The zero-order valence-electron chi connectivity index (χ0n) is 10.6. The van der Waals surface area contributed by atoms with Crippen molar-refractivity contribution in [3.8, 4) is 0 Å². The molecule has 102 valence electrons. The Hall–Kier alpha value is -2.46. The molecule has 5 heteroatoms. The molecule has 5 N–H and O–H groups in total. The van der Waals surface area contributed by atoms with Crippen molar-refractivity contribution in [2.24, 2.45) is 0 Å². The van der Waals surface area contributed by atoms with Gasteiger partial charge in [0.1, 0.15) is 0 Å². The van der Waals surface area contributed by atoms with Gasteiger partial charge in [-0.1, -0.05) is 29.8 Å². The summed E-state index contributed by atoms with van der Waals surface area (Å²) in [6, 6.07) is 12.3. The van der Waals surface area contributed by atoms with Crippen molar-refractivity contribution < 1.29 is 4.79 Å². The number of nitrogens with two attached hydrogens (primary N) is 2. The van der Waals surface area contributed by atoms with Gasteiger partial charge in [-0.25, -0.2) is 0 Å². The molecule has 0 radical (unpaired) electrons. The van der Waals surface area contributed by atoms with Gasteiger partial charge in [-0.3, -0.25) is 4.79 Å². The number of benzene rings is 2. The average Bonchev–Trinajstić information content (AvgIpc) is 2.42. The quantitative estimate of drug-likeness (QED) is 0.758. The van der Waals surface area contributed by atoms with Crippen LogP contribution in [0.2, 0.25) is 0 Å². The number of anilines is 3. The number of para-hydroxylation sites is 1. The smallest absolute Gasteiger partial charge is 0.257 e. The van der Waals surface area contributed by atoms with Crippen LogP contribution in [0.25, 0.3) is 6.08 Å². The van der Waals surface area contributed by atoms with Crippen LogP contribution in [0, 0.1) is 0 Å². The highest BCUT2D eigenvalue weighted by Gasteiger charge is 2.11. The summed E-state index contributed by atoms with van der Waals surface area (Å²) >= 11 is 5.53. The molecule has 2 rings (SSSR count). The minimum Gasteiger partial charge on any atom is -0.397 e. The third-order valence-electron chi connectivity index (χ3n) is 2.78. The van der Waals surface area contributed by atoms with Crippen LogP contribution in [0.15, 0.2) is 48.0 Å². The van der Waals surface area contributed by atoms with Gasteiger partial charge >= 0.3 is 0 Å². The molecule has 20 heavy (non-hydrogen) atoms. The lowest BCUT2D eigenvalue weighted by Gasteiger charge is -2.09. The van der Waals surface area contributed by atoms with E-state index in [1.54, 1.807) is 36.4 Å². The van der Waals surface area contributed by atoms with Crippen molar-refractivity contribution in [2.75, 3.05) is 16.8 Å². The standard InChI is InChI=1S/C15H14ClN3O/c16-8-7-10-3-1-4-11(9-10)19-15(20)12-5-2-6-13(17)14(12)18/h1-9H,17-18H2,(H,19,20)/b8-7+. The molecule has 0 saturated carbocycles. The monoisotopic (exact) mass is 287 g/mol. The number of carbonyl (C=O) groups excluding carboxylic acids is 1. The van der Waals surface area contributed by atoms with Crippen LogP contribution < -0.4 is 16.8 Å². The second-order valence-electron chi connectivity index (χ2n) is 4.18. The van der Waals surface area contributed by atoms with E-state index in [2.05, 4.69) is 5.32 Å². The van der Waals surface area contributed by atoms with Crippen molar-refractivity contribution in [1.82, 2.24) is 0 Å². The molecule has 0 spiro atoms. The number of rotatable bonds is 3. The molecule has 0 aliphatic rings. The predicted molar refractivity (Wildman–Crippen MR) is 84.5 cm³/mol. The molecular weight excluding hydrogens is 274 g/mol. The molecule has 2 aromatic rings. The van der Waals surface area contributed by atoms with Gasteiger partial charge in [-0.15, -0.1) is 0 Å². The van der Waals surface area contributed by atoms with Crippen molar-refractivity contribution in [3.63, 3.8) is 0 Å². The second-order valence-corrected chi connectivity index (χ2v) is 4.43. The minimum absolute atomic E-state index is 0.279. The number of nitrogen functional groups attached to an aromatic ring is 2. The van der Waals surface area contributed by atoms with E-state index in [0.29, 0.717) is 16.9 Å². The third-order valence-corrected chi connectivity index (χ3v) is 2.91. The summed E-state index contributed by atoms with van der Waals surface area (Å²) in [4.78, 5) is 12.2. The zero-order valence-corrected chi connectivity index (χ0v) is 11.4. The van der Waals surface area contributed by atoms with Crippen molar-refractivity contribution in [2.45, 2.75) is 0 Å². The minimum atomic E-state index is -0.304. The number of nitrogens with one attached hydrogen (secondary N) is 1. The molecule has 1 amide bonds. The summed E-state index contributed by atoms with van der Waals surface area (Å²) in [7, 11) is 0. The number of carbonyl (C=O) groups is 1. The Morgan fingerprint density at radius 2 is 1.90 bits per heavy atom. The number of hydrogen-bond donors (Lipinski definition) is 3. The lowest BCUT2D eigenvalue weighted by Crippen LogP contribution is -2.14. The van der Waals surface area contributed by atoms with E-state index in [0.717, 1.165) is 5.56 Å². The van der Waals surface area contributed by atoms with Crippen LogP contribution in [0.5, 0.6) is 0 Å². The Bertz CT molecular complexity index is 668. The number of halogens is 1. The van der Waals surface area contributed by atoms with E-state index in [-0.39, 0.29) is 11.6 Å². The highest BCUT2D eigenvalue weighted by atomic mass is 35.5.